The van der Waals surface area contributed by atoms with Crippen LogP contribution in [-0.4, -0.2) is 16.7 Å². The van der Waals surface area contributed by atoms with Crippen molar-refractivity contribution in [3.63, 3.8) is 0 Å². The Morgan fingerprint density at radius 3 is 2.92 bits per heavy atom. The third-order valence-corrected chi connectivity index (χ3v) is 4.66. The molecule has 0 aliphatic heterocycles. The van der Waals surface area contributed by atoms with Gasteiger partial charge in [-0.05, 0) is 42.8 Å². The molecular weight excluding hydrogens is 344 g/mol. The zero-order valence-corrected chi connectivity index (χ0v) is 14.4. The molecule has 0 bridgehead atoms. The number of nitriles is 1. The summed E-state index contributed by atoms with van der Waals surface area (Å²) in [5, 5.41) is 20.2. The third kappa shape index (κ3) is 3.21. The number of hydrogen-bond donors (Lipinski definition) is 1. The van der Waals surface area contributed by atoms with Gasteiger partial charge in [0.1, 0.15) is 11.1 Å². The molecule has 3 aromatic rings. The number of rotatable bonds is 4. The van der Waals surface area contributed by atoms with Crippen molar-refractivity contribution in [1.82, 2.24) is 4.98 Å². The summed E-state index contributed by atoms with van der Waals surface area (Å²) in [6, 6.07) is 13.1. The van der Waals surface area contributed by atoms with Gasteiger partial charge in [-0.1, -0.05) is 23.7 Å². The maximum atomic E-state index is 9.90. The molecular formula is C18H13ClN2O2S. The molecule has 0 saturated carbocycles. The van der Waals surface area contributed by atoms with Crippen LogP contribution >= 0.6 is 22.9 Å². The van der Waals surface area contributed by atoms with Crippen LogP contribution in [0.15, 0.2) is 36.4 Å². The van der Waals surface area contributed by atoms with Gasteiger partial charge in [-0.2, -0.15) is 5.26 Å². The van der Waals surface area contributed by atoms with Crippen LogP contribution in [0.2, 0.25) is 5.02 Å². The molecule has 0 aliphatic rings. The number of para-hydroxylation sites is 1. The Balaban J connectivity index is 2.06. The lowest BCUT2D eigenvalue weighted by molar-refractivity contribution is 0.318. The number of phenols is 1. The van der Waals surface area contributed by atoms with Gasteiger partial charge in [-0.25, -0.2) is 4.98 Å². The number of benzene rings is 2. The van der Waals surface area contributed by atoms with Crippen LogP contribution in [0.3, 0.4) is 0 Å². The summed E-state index contributed by atoms with van der Waals surface area (Å²) in [5.74, 6) is 0.187. The van der Waals surface area contributed by atoms with Crippen LogP contribution < -0.4 is 4.74 Å². The fraction of sp³-hybridized carbons (Fsp3) is 0.111. The monoisotopic (exact) mass is 356 g/mol. The van der Waals surface area contributed by atoms with E-state index in [1.54, 1.807) is 18.2 Å². The van der Waals surface area contributed by atoms with Crippen LogP contribution in [0.25, 0.3) is 21.9 Å². The average molecular weight is 357 g/mol. The second-order valence-electron chi connectivity index (χ2n) is 4.94. The zero-order chi connectivity index (χ0) is 17.1. The first kappa shape index (κ1) is 16.3. The van der Waals surface area contributed by atoms with E-state index < -0.39 is 0 Å². The van der Waals surface area contributed by atoms with Crippen LogP contribution in [0.5, 0.6) is 11.5 Å². The molecule has 0 aliphatic carbocycles. The summed E-state index contributed by atoms with van der Waals surface area (Å²) in [6.07, 6.45) is 1.69. The van der Waals surface area contributed by atoms with Gasteiger partial charge in [0.25, 0.3) is 0 Å². The number of aromatic hydroxyl groups is 1. The fourth-order valence-electron chi connectivity index (χ4n) is 2.24. The molecule has 0 atom stereocenters. The summed E-state index contributed by atoms with van der Waals surface area (Å²) in [4.78, 5) is 4.49. The molecule has 1 N–H and O–H groups in total. The highest BCUT2D eigenvalue weighted by Gasteiger charge is 2.12. The molecule has 0 spiro atoms. The number of hydrogen-bond acceptors (Lipinski definition) is 5. The number of ether oxygens (including phenoxy) is 1. The van der Waals surface area contributed by atoms with Crippen LogP contribution in [0.1, 0.15) is 17.5 Å². The van der Waals surface area contributed by atoms with Crippen molar-refractivity contribution in [3.8, 4) is 17.6 Å². The number of allylic oxidation sites excluding steroid dienone is 1. The number of fused-ring (bicyclic) bond motifs is 1. The van der Waals surface area contributed by atoms with E-state index in [1.807, 2.05) is 31.2 Å². The molecule has 0 radical (unpaired) electrons. The van der Waals surface area contributed by atoms with Gasteiger partial charge in [0.05, 0.1) is 27.4 Å². The molecule has 0 saturated heterocycles. The highest BCUT2D eigenvalue weighted by Crippen LogP contribution is 2.36. The van der Waals surface area contributed by atoms with Crippen LogP contribution in [-0.2, 0) is 0 Å². The van der Waals surface area contributed by atoms with Gasteiger partial charge in [0.2, 0.25) is 0 Å². The van der Waals surface area contributed by atoms with E-state index in [2.05, 4.69) is 11.1 Å². The summed E-state index contributed by atoms with van der Waals surface area (Å²) < 4.78 is 6.39. The number of nitrogens with zero attached hydrogens (tertiary/aromatic N) is 2. The van der Waals surface area contributed by atoms with Crippen molar-refractivity contribution < 1.29 is 9.84 Å². The first-order valence-electron chi connectivity index (χ1n) is 7.25. The van der Waals surface area contributed by atoms with E-state index in [9.17, 15) is 10.4 Å². The fourth-order valence-corrected chi connectivity index (χ4v) is 3.39. The van der Waals surface area contributed by atoms with E-state index in [0.717, 1.165) is 10.2 Å². The number of phenolic OH excluding ortho intramolecular Hbond substituents is 1. The lowest BCUT2D eigenvalue weighted by Gasteiger charge is -2.08. The zero-order valence-electron chi connectivity index (χ0n) is 12.8. The Morgan fingerprint density at radius 2 is 2.21 bits per heavy atom. The molecule has 2 aromatic carbocycles. The molecule has 1 heterocycles. The third-order valence-electron chi connectivity index (χ3n) is 3.31. The number of thiazole rings is 1. The van der Waals surface area contributed by atoms with Gasteiger partial charge in [0.15, 0.2) is 11.5 Å². The molecule has 4 nitrogen and oxygen atoms in total. The summed E-state index contributed by atoms with van der Waals surface area (Å²) in [7, 11) is 0. The van der Waals surface area contributed by atoms with Crippen molar-refractivity contribution >= 4 is 44.8 Å². The minimum absolute atomic E-state index is 0.103. The summed E-state index contributed by atoms with van der Waals surface area (Å²) in [6.45, 7) is 2.22. The van der Waals surface area contributed by atoms with E-state index in [1.165, 1.54) is 11.3 Å². The van der Waals surface area contributed by atoms with Crippen molar-refractivity contribution in [2.45, 2.75) is 6.92 Å². The Hall–Kier alpha value is -2.55. The van der Waals surface area contributed by atoms with Crippen LogP contribution in [0, 0.1) is 11.3 Å². The second kappa shape index (κ2) is 6.91. The van der Waals surface area contributed by atoms with Crippen molar-refractivity contribution in [2.75, 3.05) is 6.61 Å². The Bertz CT molecular complexity index is 940. The summed E-state index contributed by atoms with van der Waals surface area (Å²) >= 11 is 7.49. The maximum Gasteiger partial charge on any atom is 0.176 e. The lowest BCUT2D eigenvalue weighted by atomic mass is 10.1. The van der Waals surface area contributed by atoms with E-state index >= 15 is 0 Å². The molecule has 6 heteroatoms. The van der Waals surface area contributed by atoms with E-state index in [0.29, 0.717) is 22.8 Å². The predicted molar refractivity (Wildman–Crippen MR) is 97.4 cm³/mol. The average Bonchev–Trinajstić information content (AvgIpc) is 3.01. The number of halogens is 1. The van der Waals surface area contributed by atoms with Crippen molar-refractivity contribution in [1.29, 1.82) is 5.26 Å². The summed E-state index contributed by atoms with van der Waals surface area (Å²) in [5.41, 5.74) is 1.95. The van der Waals surface area contributed by atoms with Crippen molar-refractivity contribution in [3.05, 3.63) is 52.0 Å². The highest BCUT2D eigenvalue weighted by atomic mass is 35.5. The lowest BCUT2D eigenvalue weighted by Crippen LogP contribution is -1.93. The minimum Gasteiger partial charge on any atom is -0.503 e. The molecule has 24 heavy (non-hydrogen) atoms. The van der Waals surface area contributed by atoms with Gasteiger partial charge < -0.3 is 9.84 Å². The first-order chi connectivity index (χ1) is 11.6. The predicted octanol–water partition coefficient (Wildman–Crippen LogP) is 5.12. The van der Waals surface area contributed by atoms with Crippen LogP contribution in [0.4, 0.5) is 0 Å². The molecule has 3 rings (SSSR count). The SMILES string of the molecule is CCOc1cc(/C=C(\C#N)c2nc3ccccc3s2)cc(Cl)c1O. The molecule has 0 amide bonds. The Labute approximate surface area is 148 Å². The molecule has 120 valence electrons. The van der Waals surface area contributed by atoms with E-state index in [4.69, 9.17) is 16.3 Å². The largest absolute Gasteiger partial charge is 0.503 e. The van der Waals surface area contributed by atoms with E-state index in [-0.39, 0.29) is 16.5 Å². The van der Waals surface area contributed by atoms with Gasteiger partial charge in [0, 0.05) is 0 Å². The second-order valence-corrected chi connectivity index (χ2v) is 6.38. The smallest absolute Gasteiger partial charge is 0.176 e. The highest BCUT2D eigenvalue weighted by molar-refractivity contribution is 7.19. The van der Waals surface area contributed by atoms with Gasteiger partial charge in [-0.15, -0.1) is 11.3 Å². The standard InChI is InChI=1S/C18H13ClN2O2S/c1-2-23-15-9-11(8-13(19)17(15)22)7-12(10-20)18-21-14-5-3-4-6-16(14)24-18/h3-9,22H,2H2,1H3/b12-7+. The normalized spacial score (nSPS) is 11.5. The maximum absolute atomic E-state index is 9.90. The molecule has 0 fully saturated rings. The number of aromatic nitrogens is 1. The molecule has 1 aromatic heterocycles. The minimum atomic E-state index is -0.103. The Kier molecular flexibility index (Phi) is 4.70. The first-order valence-corrected chi connectivity index (χ1v) is 8.45. The molecule has 0 unspecified atom stereocenters. The van der Waals surface area contributed by atoms with Gasteiger partial charge >= 0.3 is 0 Å². The van der Waals surface area contributed by atoms with Gasteiger partial charge in [-0.3, -0.25) is 0 Å². The Morgan fingerprint density at radius 1 is 1.42 bits per heavy atom. The topological polar surface area (TPSA) is 66.1 Å². The quantitative estimate of drug-likeness (QED) is 0.659. The van der Waals surface area contributed by atoms with Crippen molar-refractivity contribution in [2.24, 2.45) is 0 Å².